The maximum absolute atomic E-state index is 12.9. The Morgan fingerprint density at radius 1 is 0.788 bits per heavy atom. The van der Waals surface area contributed by atoms with Crippen molar-refractivity contribution >= 4 is 44.8 Å². The molecule has 3 amide bonds. The number of sulfonamides is 1. The molecule has 0 spiro atoms. The molecule has 1 fully saturated rings. The maximum atomic E-state index is 12.9. The van der Waals surface area contributed by atoms with Crippen LogP contribution in [0.4, 0.5) is 5.69 Å². The van der Waals surface area contributed by atoms with Gasteiger partial charge >= 0.3 is 0 Å². The number of benzene rings is 2. The molecular formula is C23H19N3O5S2. The largest absolute Gasteiger partial charge is 0.336 e. The average molecular weight is 482 g/mol. The number of carbonyl (C=O) groups excluding carboxylic acids is 3. The molecule has 3 aromatic rings. The number of piperazine rings is 1. The molecule has 1 aromatic heterocycles. The van der Waals surface area contributed by atoms with E-state index in [4.69, 9.17) is 0 Å². The number of thiophene rings is 1. The Bertz CT molecular complexity index is 1310. The minimum absolute atomic E-state index is 0.221. The van der Waals surface area contributed by atoms with Crippen LogP contribution in [0, 0.1) is 0 Å². The molecule has 1 saturated heterocycles. The Morgan fingerprint density at radius 3 is 1.94 bits per heavy atom. The minimum Gasteiger partial charge on any atom is -0.336 e. The van der Waals surface area contributed by atoms with Gasteiger partial charge in [-0.3, -0.25) is 14.4 Å². The van der Waals surface area contributed by atoms with E-state index in [9.17, 15) is 22.8 Å². The van der Waals surface area contributed by atoms with Gasteiger partial charge in [-0.1, -0.05) is 18.2 Å². The smallest absolute Gasteiger partial charge is 0.266 e. The zero-order valence-electron chi connectivity index (χ0n) is 17.4. The molecular weight excluding hydrogens is 462 g/mol. The van der Waals surface area contributed by atoms with E-state index < -0.39 is 21.8 Å². The van der Waals surface area contributed by atoms with E-state index in [1.165, 1.54) is 15.6 Å². The van der Waals surface area contributed by atoms with E-state index in [2.05, 4.69) is 0 Å². The number of hydrogen-bond donors (Lipinski definition) is 0. The molecule has 2 aromatic carbocycles. The van der Waals surface area contributed by atoms with Crippen LogP contribution < -0.4 is 4.90 Å². The molecule has 0 N–H and O–H groups in total. The van der Waals surface area contributed by atoms with Crippen LogP contribution in [0.2, 0.25) is 0 Å². The fourth-order valence-corrected chi connectivity index (χ4v) is 6.60. The first kappa shape index (κ1) is 21.5. The van der Waals surface area contributed by atoms with Crippen molar-refractivity contribution in [2.75, 3.05) is 31.1 Å². The summed E-state index contributed by atoms with van der Waals surface area (Å²) in [6, 6.07) is 16.2. The molecule has 0 radical (unpaired) electrons. The third-order valence-electron chi connectivity index (χ3n) is 5.78. The number of imide groups is 1. The Labute approximate surface area is 194 Å². The average Bonchev–Trinajstić information content (AvgIpc) is 3.47. The van der Waals surface area contributed by atoms with E-state index in [-0.39, 0.29) is 32.1 Å². The molecule has 10 heteroatoms. The Balaban J connectivity index is 1.27. The number of hydrogen-bond acceptors (Lipinski definition) is 6. The van der Waals surface area contributed by atoms with Gasteiger partial charge in [-0.25, -0.2) is 13.3 Å². The second-order valence-electron chi connectivity index (χ2n) is 7.67. The van der Waals surface area contributed by atoms with Crippen LogP contribution in [0.3, 0.4) is 0 Å². The highest BCUT2D eigenvalue weighted by Crippen LogP contribution is 2.29. The van der Waals surface area contributed by atoms with Gasteiger partial charge in [-0.05, 0) is 47.8 Å². The summed E-state index contributed by atoms with van der Waals surface area (Å²) in [6.07, 6.45) is 0. The third-order valence-corrected chi connectivity index (χ3v) is 9.05. The Hall–Kier alpha value is -3.34. The Morgan fingerprint density at radius 2 is 1.39 bits per heavy atom. The number of amides is 3. The van der Waals surface area contributed by atoms with E-state index in [0.717, 1.165) is 4.90 Å². The highest BCUT2D eigenvalue weighted by atomic mass is 32.2. The molecule has 3 heterocycles. The van der Waals surface area contributed by atoms with Crippen LogP contribution in [0.5, 0.6) is 0 Å². The zero-order valence-corrected chi connectivity index (χ0v) is 19.0. The highest BCUT2D eigenvalue weighted by molar-refractivity contribution is 7.91. The van der Waals surface area contributed by atoms with Crippen LogP contribution in [-0.2, 0) is 10.0 Å². The standard InChI is InChI=1S/C23H19N3O5S2/c27-21(24-11-13-25(14-12-24)33(30,31)20-6-3-15-32-20)16-7-9-17(10-8-16)26-22(28)18-4-1-2-5-19(18)23(26)29/h1-10,15H,11-14H2. The van der Waals surface area contributed by atoms with Crippen molar-refractivity contribution in [2.24, 2.45) is 0 Å². The first-order chi connectivity index (χ1) is 15.9. The molecule has 0 aliphatic carbocycles. The normalized spacial score (nSPS) is 16.8. The fourth-order valence-electron chi connectivity index (χ4n) is 4.03. The monoisotopic (exact) mass is 481 g/mol. The van der Waals surface area contributed by atoms with Gasteiger partial charge in [-0.15, -0.1) is 11.3 Å². The summed E-state index contributed by atoms with van der Waals surface area (Å²) in [4.78, 5) is 40.9. The summed E-state index contributed by atoms with van der Waals surface area (Å²) in [5, 5.41) is 1.72. The van der Waals surface area contributed by atoms with Crippen molar-refractivity contribution in [3.8, 4) is 0 Å². The molecule has 0 saturated carbocycles. The van der Waals surface area contributed by atoms with E-state index >= 15 is 0 Å². The van der Waals surface area contributed by atoms with Gasteiger partial charge in [0.15, 0.2) is 0 Å². The van der Waals surface area contributed by atoms with Crippen molar-refractivity contribution < 1.29 is 22.8 Å². The van der Waals surface area contributed by atoms with Crippen molar-refractivity contribution in [2.45, 2.75) is 4.21 Å². The molecule has 168 valence electrons. The predicted octanol–water partition coefficient (Wildman–Crippen LogP) is 2.70. The van der Waals surface area contributed by atoms with Crippen LogP contribution in [0.1, 0.15) is 31.1 Å². The molecule has 0 atom stereocenters. The van der Waals surface area contributed by atoms with Crippen LogP contribution in [-0.4, -0.2) is 61.5 Å². The number of fused-ring (bicyclic) bond motifs is 1. The third kappa shape index (κ3) is 3.65. The summed E-state index contributed by atoms with van der Waals surface area (Å²) in [6.45, 7) is 1.01. The molecule has 2 aliphatic heterocycles. The van der Waals surface area contributed by atoms with Crippen molar-refractivity contribution in [3.63, 3.8) is 0 Å². The highest BCUT2D eigenvalue weighted by Gasteiger charge is 2.36. The van der Waals surface area contributed by atoms with Gasteiger partial charge in [-0.2, -0.15) is 4.31 Å². The minimum atomic E-state index is -3.54. The van der Waals surface area contributed by atoms with Gasteiger partial charge in [0.1, 0.15) is 4.21 Å². The van der Waals surface area contributed by atoms with Crippen LogP contribution >= 0.6 is 11.3 Å². The molecule has 33 heavy (non-hydrogen) atoms. The molecule has 2 aliphatic rings. The topological polar surface area (TPSA) is 95.1 Å². The lowest BCUT2D eigenvalue weighted by molar-refractivity contribution is 0.0697. The van der Waals surface area contributed by atoms with Crippen LogP contribution in [0.25, 0.3) is 0 Å². The second-order valence-corrected chi connectivity index (χ2v) is 10.8. The second kappa shape index (κ2) is 8.22. The molecule has 5 rings (SSSR count). The lowest BCUT2D eigenvalue weighted by atomic mass is 10.1. The van der Waals surface area contributed by atoms with Crippen molar-refractivity contribution in [1.29, 1.82) is 0 Å². The summed E-state index contributed by atoms with van der Waals surface area (Å²) >= 11 is 1.17. The lowest BCUT2D eigenvalue weighted by Crippen LogP contribution is -2.50. The number of carbonyl (C=O) groups is 3. The zero-order chi connectivity index (χ0) is 23.2. The van der Waals surface area contributed by atoms with Gasteiger partial charge in [0.25, 0.3) is 27.7 Å². The number of anilines is 1. The Kier molecular flexibility index (Phi) is 5.35. The first-order valence-electron chi connectivity index (χ1n) is 10.3. The molecule has 0 unspecified atom stereocenters. The fraction of sp³-hybridized carbons (Fsp3) is 0.174. The SMILES string of the molecule is O=C(c1ccc(N2C(=O)c3ccccc3C2=O)cc1)N1CCN(S(=O)(=O)c2cccs2)CC1. The summed E-state index contributed by atoms with van der Waals surface area (Å²) < 4.78 is 27.0. The maximum Gasteiger partial charge on any atom is 0.266 e. The van der Waals surface area contributed by atoms with Gasteiger partial charge in [0, 0.05) is 31.7 Å². The van der Waals surface area contributed by atoms with Crippen LogP contribution in [0.15, 0.2) is 70.3 Å². The number of rotatable bonds is 4. The summed E-state index contributed by atoms with van der Waals surface area (Å²) in [5.41, 5.74) is 1.52. The summed E-state index contributed by atoms with van der Waals surface area (Å²) in [5.74, 6) is -1.01. The predicted molar refractivity (Wildman–Crippen MR) is 123 cm³/mol. The van der Waals surface area contributed by atoms with Gasteiger partial charge in [0.2, 0.25) is 0 Å². The molecule has 8 nitrogen and oxygen atoms in total. The van der Waals surface area contributed by atoms with E-state index in [1.54, 1.807) is 70.9 Å². The van der Waals surface area contributed by atoms with Crippen molar-refractivity contribution in [1.82, 2.24) is 9.21 Å². The van der Waals surface area contributed by atoms with E-state index in [0.29, 0.717) is 26.6 Å². The van der Waals surface area contributed by atoms with Gasteiger partial charge in [0.05, 0.1) is 16.8 Å². The summed E-state index contributed by atoms with van der Waals surface area (Å²) in [7, 11) is -3.54. The van der Waals surface area contributed by atoms with Gasteiger partial charge < -0.3 is 4.90 Å². The molecule has 0 bridgehead atoms. The first-order valence-corrected chi connectivity index (χ1v) is 12.6. The van der Waals surface area contributed by atoms with E-state index in [1.807, 2.05) is 0 Å². The number of nitrogens with zero attached hydrogens (tertiary/aromatic N) is 3. The lowest BCUT2D eigenvalue weighted by Gasteiger charge is -2.33. The quantitative estimate of drug-likeness (QED) is 0.534. The van der Waals surface area contributed by atoms with Crippen molar-refractivity contribution in [3.05, 3.63) is 82.7 Å².